The number of unbranched alkanes of at least 4 members (excludes halogenated alkanes) is 1. The molecule has 3 heteroatoms. The molecule has 102 valence electrons. The third-order valence-corrected chi connectivity index (χ3v) is 2.79. The van der Waals surface area contributed by atoms with Crippen LogP contribution in [0.5, 0.6) is 0 Å². The van der Waals surface area contributed by atoms with Crippen LogP contribution in [-0.2, 0) is 9.47 Å². The average Bonchev–Trinajstić information content (AvgIpc) is 2.27. The van der Waals surface area contributed by atoms with Gasteiger partial charge in [0.2, 0.25) is 0 Å². The van der Waals surface area contributed by atoms with Crippen LogP contribution >= 0.6 is 11.6 Å². The van der Waals surface area contributed by atoms with Gasteiger partial charge in [-0.15, -0.1) is 11.6 Å². The first-order valence-corrected chi connectivity index (χ1v) is 7.10. The van der Waals surface area contributed by atoms with E-state index in [2.05, 4.69) is 26.8 Å². The Labute approximate surface area is 111 Å². The summed E-state index contributed by atoms with van der Waals surface area (Å²) in [6.07, 6.45) is 6.34. The second-order valence-corrected chi connectivity index (χ2v) is 4.87. The molecule has 0 radical (unpaired) electrons. The quantitative estimate of drug-likeness (QED) is 0.249. The molecule has 0 heterocycles. The molecule has 0 aromatic carbocycles. The van der Waals surface area contributed by atoms with E-state index in [4.69, 9.17) is 21.1 Å². The van der Waals surface area contributed by atoms with Gasteiger partial charge in [0.05, 0.1) is 6.10 Å². The van der Waals surface area contributed by atoms with Gasteiger partial charge in [-0.05, 0) is 40.0 Å². The van der Waals surface area contributed by atoms with Crippen LogP contribution in [0.15, 0.2) is 11.6 Å². The normalized spacial score (nSPS) is 14.4. The Morgan fingerprint density at radius 1 is 1.35 bits per heavy atom. The van der Waals surface area contributed by atoms with E-state index < -0.39 is 0 Å². The fourth-order valence-corrected chi connectivity index (χ4v) is 1.67. The lowest BCUT2D eigenvalue weighted by molar-refractivity contribution is -0.156. The van der Waals surface area contributed by atoms with Crippen LogP contribution in [0.2, 0.25) is 0 Å². The van der Waals surface area contributed by atoms with Crippen molar-refractivity contribution in [2.24, 2.45) is 0 Å². The minimum absolute atomic E-state index is 0.0869. The van der Waals surface area contributed by atoms with Crippen molar-refractivity contribution < 1.29 is 9.47 Å². The van der Waals surface area contributed by atoms with Gasteiger partial charge >= 0.3 is 0 Å². The molecule has 0 aliphatic heterocycles. The number of alkyl halides is 1. The molecule has 0 N–H and O–H groups in total. The summed E-state index contributed by atoms with van der Waals surface area (Å²) in [6, 6.07) is 0. The van der Waals surface area contributed by atoms with Gasteiger partial charge in [0.15, 0.2) is 6.29 Å². The van der Waals surface area contributed by atoms with E-state index in [1.54, 1.807) is 0 Å². The van der Waals surface area contributed by atoms with Crippen LogP contribution in [0, 0.1) is 0 Å². The molecule has 0 aromatic heterocycles. The lowest BCUT2D eigenvalue weighted by atomic mass is 10.2. The van der Waals surface area contributed by atoms with E-state index in [-0.39, 0.29) is 12.4 Å². The Kier molecular flexibility index (Phi) is 11.0. The first kappa shape index (κ1) is 16.9. The van der Waals surface area contributed by atoms with Crippen LogP contribution in [0.1, 0.15) is 53.4 Å². The van der Waals surface area contributed by atoms with Crippen LogP contribution in [-0.4, -0.2) is 24.9 Å². The number of halogens is 1. The first-order chi connectivity index (χ1) is 8.10. The maximum absolute atomic E-state index is 5.89. The Morgan fingerprint density at radius 3 is 2.59 bits per heavy atom. The highest BCUT2D eigenvalue weighted by atomic mass is 35.5. The van der Waals surface area contributed by atoms with Crippen molar-refractivity contribution in [3.8, 4) is 0 Å². The predicted octanol–water partition coefficient (Wildman–Crippen LogP) is 4.52. The molecule has 2 nitrogen and oxygen atoms in total. The summed E-state index contributed by atoms with van der Waals surface area (Å²) >= 11 is 5.89. The molecule has 0 amide bonds. The molecular weight excluding hydrogens is 236 g/mol. The zero-order valence-electron chi connectivity index (χ0n) is 11.7. The number of allylic oxidation sites excluding steroid dienone is 2. The Hall–Kier alpha value is -0.0500. The fraction of sp³-hybridized carbons (Fsp3) is 0.857. The predicted molar refractivity (Wildman–Crippen MR) is 74.6 cm³/mol. The van der Waals surface area contributed by atoms with Gasteiger partial charge in [0, 0.05) is 12.5 Å². The Morgan fingerprint density at radius 2 is 2.06 bits per heavy atom. The SMILES string of the molecule is CCCCOC(C)OC(CCl)CCC=C(C)C. The van der Waals surface area contributed by atoms with Crippen LogP contribution in [0.25, 0.3) is 0 Å². The van der Waals surface area contributed by atoms with E-state index in [0.29, 0.717) is 5.88 Å². The third kappa shape index (κ3) is 10.8. The molecule has 0 fully saturated rings. The minimum atomic E-state index is -0.156. The van der Waals surface area contributed by atoms with Gasteiger partial charge in [-0.1, -0.05) is 25.0 Å². The maximum Gasteiger partial charge on any atom is 0.155 e. The standard InChI is InChI=1S/C14H27ClO2/c1-5-6-10-16-13(4)17-14(11-15)9-7-8-12(2)3/h8,13-14H,5-7,9-11H2,1-4H3. The van der Waals surface area contributed by atoms with E-state index in [1.165, 1.54) is 5.57 Å². The minimum Gasteiger partial charge on any atom is -0.353 e. The largest absolute Gasteiger partial charge is 0.353 e. The molecule has 2 atom stereocenters. The lowest BCUT2D eigenvalue weighted by Gasteiger charge is -2.20. The summed E-state index contributed by atoms with van der Waals surface area (Å²) < 4.78 is 11.3. The maximum atomic E-state index is 5.89. The molecule has 0 saturated carbocycles. The highest BCUT2D eigenvalue weighted by Gasteiger charge is 2.11. The van der Waals surface area contributed by atoms with Gasteiger partial charge < -0.3 is 9.47 Å². The van der Waals surface area contributed by atoms with E-state index in [9.17, 15) is 0 Å². The van der Waals surface area contributed by atoms with Crippen molar-refractivity contribution in [2.45, 2.75) is 65.8 Å². The molecule has 0 aliphatic rings. The number of hydrogen-bond donors (Lipinski definition) is 0. The van der Waals surface area contributed by atoms with Crippen LogP contribution < -0.4 is 0 Å². The summed E-state index contributed by atoms with van der Waals surface area (Å²) in [6.45, 7) is 9.06. The lowest BCUT2D eigenvalue weighted by Crippen LogP contribution is -2.24. The number of hydrogen-bond acceptors (Lipinski definition) is 2. The topological polar surface area (TPSA) is 18.5 Å². The van der Waals surface area contributed by atoms with Crippen LogP contribution in [0.4, 0.5) is 0 Å². The second-order valence-electron chi connectivity index (χ2n) is 4.56. The monoisotopic (exact) mass is 262 g/mol. The zero-order valence-corrected chi connectivity index (χ0v) is 12.4. The molecule has 0 spiro atoms. The highest BCUT2D eigenvalue weighted by Crippen LogP contribution is 2.10. The molecular formula is C14H27ClO2. The van der Waals surface area contributed by atoms with Gasteiger partial charge in [0.25, 0.3) is 0 Å². The fourth-order valence-electron chi connectivity index (χ4n) is 1.44. The molecule has 0 aliphatic carbocycles. The Balaban J connectivity index is 3.75. The molecule has 0 rings (SSSR count). The van der Waals surface area contributed by atoms with E-state index in [0.717, 1.165) is 32.3 Å². The summed E-state index contributed by atoms with van der Waals surface area (Å²) in [5.41, 5.74) is 1.34. The molecule has 0 aromatic rings. The summed E-state index contributed by atoms with van der Waals surface area (Å²) in [5.74, 6) is 0.526. The van der Waals surface area contributed by atoms with Gasteiger partial charge in [-0.2, -0.15) is 0 Å². The smallest absolute Gasteiger partial charge is 0.155 e. The number of ether oxygens (including phenoxy) is 2. The van der Waals surface area contributed by atoms with Gasteiger partial charge in [-0.25, -0.2) is 0 Å². The molecule has 0 saturated heterocycles. The first-order valence-electron chi connectivity index (χ1n) is 6.56. The van der Waals surface area contributed by atoms with Gasteiger partial charge in [0.1, 0.15) is 0 Å². The summed E-state index contributed by atoms with van der Waals surface area (Å²) in [7, 11) is 0. The van der Waals surface area contributed by atoms with Crippen molar-refractivity contribution in [3.05, 3.63) is 11.6 Å². The van der Waals surface area contributed by atoms with Crippen molar-refractivity contribution in [1.29, 1.82) is 0 Å². The summed E-state index contributed by atoms with van der Waals surface area (Å²) in [5, 5.41) is 0. The summed E-state index contributed by atoms with van der Waals surface area (Å²) in [4.78, 5) is 0. The Bertz CT molecular complexity index is 200. The number of rotatable bonds is 10. The average molecular weight is 263 g/mol. The van der Waals surface area contributed by atoms with Crippen molar-refractivity contribution in [3.63, 3.8) is 0 Å². The molecule has 0 bridgehead atoms. The highest BCUT2D eigenvalue weighted by molar-refractivity contribution is 6.18. The van der Waals surface area contributed by atoms with Crippen molar-refractivity contribution >= 4 is 11.6 Å². The third-order valence-electron chi connectivity index (χ3n) is 2.45. The van der Waals surface area contributed by atoms with E-state index >= 15 is 0 Å². The zero-order chi connectivity index (χ0) is 13.1. The van der Waals surface area contributed by atoms with Crippen LogP contribution in [0.3, 0.4) is 0 Å². The molecule has 17 heavy (non-hydrogen) atoms. The molecule has 2 unspecified atom stereocenters. The van der Waals surface area contributed by atoms with E-state index in [1.807, 2.05) is 6.92 Å². The second kappa shape index (κ2) is 11.1. The van der Waals surface area contributed by atoms with Crippen molar-refractivity contribution in [2.75, 3.05) is 12.5 Å². The van der Waals surface area contributed by atoms with Crippen molar-refractivity contribution in [1.82, 2.24) is 0 Å². The van der Waals surface area contributed by atoms with Gasteiger partial charge in [-0.3, -0.25) is 0 Å².